The molecule has 0 aliphatic rings. The van der Waals surface area contributed by atoms with Gasteiger partial charge in [-0.05, 0) is 110 Å². The van der Waals surface area contributed by atoms with Crippen LogP contribution in [0, 0.1) is 25.7 Å². The average molecular weight is 957 g/mol. The standard InChI is InChI=1S/C46H48N6O9S4/c1-27(2)23-59-39-19-29(5)7-17-37(39)49-43(55)51-45-47-21-34(63-45)25-62-33-13-9-31(10-14-33)41(53)61-42(54)32-11-15-36(16-12-32)65(57,58)26-35-22-48-46(64-35)52-44(56)50-38-18-8-30(6)20-40(38)60-24-28(3)4/h7-22,27-28H,23-26H2,1-6H3,(H2,47,49,51,55)(H2,48,50,52,56). The fraction of sp³-hybridized carbons (Fsp3) is 0.261. The summed E-state index contributed by atoms with van der Waals surface area (Å²) in [6.07, 6.45) is 3.05. The molecule has 0 fully saturated rings. The molecular formula is C46H48N6O9S4. The molecule has 4 aromatic carbocycles. The SMILES string of the molecule is Cc1ccc(NC(=O)Nc2ncc(CSc3ccc(C(=O)OC(=O)c4ccc(S(=O)(=O)Cc5cnc(NC(=O)Nc6ccc(C)cc6OCC(C)C)s5)cc4)cc3)s2)c(OCC(C)C)c1. The first-order chi connectivity index (χ1) is 31.0. The molecule has 0 saturated carbocycles. The maximum atomic E-state index is 13.3. The van der Waals surface area contributed by atoms with E-state index in [4.69, 9.17) is 14.2 Å². The number of anilines is 4. The third-order valence-corrected chi connectivity index (χ3v) is 13.8. The fourth-order valence-corrected chi connectivity index (χ4v) is 9.89. The normalized spacial score (nSPS) is 11.3. The van der Waals surface area contributed by atoms with E-state index in [0.29, 0.717) is 57.8 Å². The topological polar surface area (TPSA) is 204 Å². The second-order valence-corrected chi connectivity index (χ2v) is 20.9. The van der Waals surface area contributed by atoms with Crippen LogP contribution in [-0.2, 0) is 26.1 Å². The largest absolute Gasteiger partial charge is 0.491 e. The summed E-state index contributed by atoms with van der Waals surface area (Å²) in [6, 6.07) is 21.6. The van der Waals surface area contributed by atoms with Crippen molar-refractivity contribution >= 4 is 89.9 Å². The number of hydrogen-bond donors (Lipinski definition) is 4. The van der Waals surface area contributed by atoms with Gasteiger partial charge in [0.1, 0.15) is 11.5 Å². The quantitative estimate of drug-likeness (QED) is 0.0361. The molecule has 0 unspecified atom stereocenters. The van der Waals surface area contributed by atoms with Gasteiger partial charge in [-0.1, -0.05) is 39.8 Å². The number of sulfone groups is 1. The third-order valence-electron chi connectivity index (χ3n) is 8.90. The number of nitrogens with zero attached hydrogens (tertiary/aromatic N) is 2. The van der Waals surface area contributed by atoms with Crippen molar-refractivity contribution in [2.45, 2.75) is 62.8 Å². The Labute approximate surface area is 389 Å². The minimum atomic E-state index is -3.88. The number of rotatable bonds is 18. The monoisotopic (exact) mass is 956 g/mol. The number of aromatic nitrogens is 2. The van der Waals surface area contributed by atoms with E-state index in [1.165, 1.54) is 53.6 Å². The van der Waals surface area contributed by atoms with E-state index in [1.807, 2.05) is 52.0 Å². The van der Waals surface area contributed by atoms with Gasteiger partial charge in [-0.25, -0.2) is 37.6 Å². The van der Waals surface area contributed by atoms with E-state index in [9.17, 15) is 27.6 Å². The third kappa shape index (κ3) is 14.4. The molecule has 6 aromatic rings. The fourth-order valence-electron chi connectivity index (χ4n) is 5.70. The molecule has 0 bridgehead atoms. The van der Waals surface area contributed by atoms with Gasteiger partial charge in [0.2, 0.25) is 0 Å². The lowest BCUT2D eigenvalue weighted by Gasteiger charge is -2.14. The second-order valence-electron chi connectivity index (χ2n) is 15.6. The molecule has 4 N–H and O–H groups in total. The zero-order valence-corrected chi connectivity index (χ0v) is 39.7. The van der Waals surface area contributed by atoms with Crippen molar-refractivity contribution in [1.29, 1.82) is 0 Å². The highest BCUT2D eigenvalue weighted by atomic mass is 32.2. The number of nitrogens with one attached hydrogen (secondary N) is 4. The molecule has 15 nitrogen and oxygen atoms in total. The van der Waals surface area contributed by atoms with Gasteiger partial charge in [0, 0.05) is 32.8 Å². The van der Waals surface area contributed by atoms with Crippen molar-refractivity contribution < 1.29 is 41.8 Å². The molecule has 65 heavy (non-hydrogen) atoms. The summed E-state index contributed by atoms with van der Waals surface area (Å²) in [5, 5.41) is 11.6. The van der Waals surface area contributed by atoms with E-state index < -0.39 is 39.6 Å². The van der Waals surface area contributed by atoms with E-state index in [-0.39, 0.29) is 27.1 Å². The number of aryl methyl sites for hydroxylation is 2. The van der Waals surface area contributed by atoms with E-state index in [0.717, 1.165) is 32.2 Å². The number of amides is 4. The van der Waals surface area contributed by atoms with Crippen LogP contribution in [0.4, 0.5) is 31.2 Å². The van der Waals surface area contributed by atoms with Crippen molar-refractivity contribution in [3.05, 3.63) is 129 Å². The maximum Gasteiger partial charge on any atom is 0.346 e. The van der Waals surface area contributed by atoms with Crippen molar-refractivity contribution in [3.8, 4) is 11.5 Å². The first-order valence-corrected chi connectivity index (χ1v) is 24.6. The number of thiazole rings is 2. The number of hydrogen-bond acceptors (Lipinski definition) is 14. The Morgan fingerprint density at radius 2 is 1.09 bits per heavy atom. The van der Waals surface area contributed by atoms with Gasteiger partial charge >= 0.3 is 24.0 Å². The maximum absolute atomic E-state index is 13.3. The number of esters is 2. The highest BCUT2D eigenvalue weighted by Gasteiger charge is 2.21. The summed E-state index contributed by atoms with van der Waals surface area (Å²) in [5.41, 5.74) is 3.15. The van der Waals surface area contributed by atoms with Gasteiger partial charge in [0.15, 0.2) is 20.1 Å². The predicted molar refractivity (Wildman–Crippen MR) is 256 cm³/mol. The molecular weight excluding hydrogens is 909 g/mol. The minimum absolute atomic E-state index is 0.0162. The number of carbonyl (C=O) groups is 4. The number of thioether (sulfide) groups is 1. The smallest absolute Gasteiger partial charge is 0.346 e. The van der Waals surface area contributed by atoms with Crippen molar-refractivity contribution in [1.82, 2.24) is 9.97 Å². The molecule has 0 atom stereocenters. The lowest BCUT2D eigenvalue weighted by atomic mass is 10.2. The van der Waals surface area contributed by atoms with Crippen LogP contribution < -0.4 is 30.7 Å². The minimum Gasteiger partial charge on any atom is -0.491 e. The molecule has 340 valence electrons. The van der Waals surface area contributed by atoms with Crippen molar-refractivity contribution in [2.75, 3.05) is 34.5 Å². The molecule has 0 radical (unpaired) electrons. The average Bonchev–Trinajstić information content (AvgIpc) is 3.91. The van der Waals surface area contributed by atoms with Gasteiger partial charge in [0.25, 0.3) is 0 Å². The molecule has 2 aromatic heterocycles. The van der Waals surface area contributed by atoms with E-state index in [2.05, 4.69) is 45.1 Å². The zero-order chi connectivity index (χ0) is 46.7. The van der Waals surface area contributed by atoms with Gasteiger partial charge < -0.3 is 24.8 Å². The molecule has 0 aliphatic heterocycles. The lowest BCUT2D eigenvalue weighted by molar-refractivity contribution is 0.0397. The summed E-state index contributed by atoms with van der Waals surface area (Å²) in [5.74, 6) is 0.0770. The lowest BCUT2D eigenvalue weighted by Crippen LogP contribution is -2.20. The van der Waals surface area contributed by atoms with Gasteiger partial charge in [-0.3, -0.25) is 10.6 Å². The molecule has 2 heterocycles. The Balaban J connectivity index is 0.947. The molecule has 0 aliphatic carbocycles. The van der Waals surface area contributed by atoms with E-state index in [1.54, 1.807) is 42.6 Å². The molecule has 4 amide bonds. The van der Waals surface area contributed by atoms with Gasteiger partial charge in [0.05, 0.1) is 46.4 Å². The van der Waals surface area contributed by atoms with Crippen LogP contribution in [0.5, 0.6) is 11.5 Å². The first-order valence-electron chi connectivity index (χ1n) is 20.3. The van der Waals surface area contributed by atoms with Crippen LogP contribution >= 0.6 is 34.4 Å². The molecule has 19 heteroatoms. The number of benzene rings is 4. The predicted octanol–water partition coefficient (Wildman–Crippen LogP) is 10.8. The summed E-state index contributed by atoms with van der Waals surface area (Å²) in [4.78, 5) is 61.8. The van der Waals surface area contributed by atoms with Gasteiger partial charge in [-0.2, -0.15) is 0 Å². The highest BCUT2D eigenvalue weighted by Crippen LogP contribution is 2.31. The van der Waals surface area contributed by atoms with Crippen LogP contribution in [0.15, 0.2) is 107 Å². The number of carbonyl (C=O) groups excluding carboxylic acids is 4. The van der Waals surface area contributed by atoms with Crippen LogP contribution in [-0.4, -0.2) is 55.6 Å². The Bertz CT molecular complexity index is 2750. The second kappa shape index (κ2) is 22.1. The van der Waals surface area contributed by atoms with Crippen LogP contribution in [0.3, 0.4) is 0 Å². The Kier molecular flexibility index (Phi) is 16.4. The van der Waals surface area contributed by atoms with Crippen molar-refractivity contribution in [3.63, 3.8) is 0 Å². The van der Waals surface area contributed by atoms with Crippen LogP contribution in [0.1, 0.15) is 69.3 Å². The van der Waals surface area contributed by atoms with Gasteiger partial charge in [-0.15, -0.1) is 34.4 Å². The summed E-state index contributed by atoms with van der Waals surface area (Å²) < 4.78 is 43.4. The first kappa shape index (κ1) is 48.2. The Hall–Kier alpha value is -6.28. The number of ether oxygens (including phenoxy) is 3. The summed E-state index contributed by atoms with van der Waals surface area (Å²) in [6.45, 7) is 13.0. The Morgan fingerprint density at radius 3 is 1.58 bits per heavy atom. The van der Waals surface area contributed by atoms with Crippen molar-refractivity contribution in [2.24, 2.45) is 11.8 Å². The molecule has 0 saturated heterocycles. The van der Waals surface area contributed by atoms with Crippen LogP contribution in [0.25, 0.3) is 0 Å². The summed E-state index contributed by atoms with van der Waals surface area (Å²) in [7, 11) is -3.88. The summed E-state index contributed by atoms with van der Waals surface area (Å²) >= 11 is 3.83. The zero-order valence-electron chi connectivity index (χ0n) is 36.4. The molecule has 6 rings (SSSR count). The Morgan fingerprint density at radius 1 is 0.631 bits per heavy atom. The number of urea groups is 2. The molecule has 0 spiro atoms. The highest BCUT2D eigenvalue weighted by molar-refractivity contribution is 7.98. The van der Waals surface area contributed by atoms with E-state index >= 15 is 0 Å². The van der Waals surface area contributed by atoms with Crippen LogP contribution in [0.2, 0.25) is 0 Å².